The average Bonchev–Trinajstić information content (AvgIpc) is 2.56. The molecule has 0 amide bonds. The van der Waals surface area contributed by atoms with Crippen molar-refractivity contribution >= 4 is 5.97 Å². The molecule has 0 heterocycles. The molecule has 0 saturated carbocycles. The average molecular weight is 332 g/mol. The molecule has 4 heteroatoms. The summed E-state index contributed by atoms with van der Waals surface area (Å²) in [7, 11) is 0. The van der Waals surface area contributed by atoms with Gasteiger partial charge in [-0.15, -0.1) is 6.58 Å². The van der Waals surface area contributed by atoms with Gasteiger partial charge >= 0.3 is 5.97 Å². The zero-order valence-electron chi connectivity index (χ0n) is 14.6. The number of esters is 1. The van der Waals surface area contributed by atoms with E-state index < -0.39 is 6.10 Å². The Hall–Kier alpha value is -1.91. The van der Waals surface area contributed by atoms with E-state index in [4.69, 9.17) is 9.47 Å². The molecule has 24 heavy (non-hydrogen) atoms. The molecule has 0 aromatic heterocycles. The van der Waals surface area contributed by atoms with Crippen LogP contribution in [0.3, 0.4) is 0 Å². The van der Waals surface area contributed by atoms with Crippen molar-refractivity contribution in [2.24, 2.45) is 5.41 Å². The van der Waals surface area contributed by atoms with Crippen molar-refractivity contribution in [2.75, 3.05) is 13.2 Å². The highest BCUT2D eigenvalue weighted by molar-refractivity contribution is 5.81. The Kier molecular flexibility index (Phi) is 9.05. The van der Waals surface area contributed by atoms with Gasteiger partial charge in [0.2, 0.25) is 0 Å². The molecular formula is C20H28O4. The number of rotatable bonds is 11. The van der Waals surface area contributed by atoms with Gasteiger partial charge in [-0.2, -0.15) is 0 Å². The van der Waals surface area contributed by atoms with Gasteiger partial charge in [0.05, 0.1) is 25.9 Å². The van der Waals surface area contributed by atoms with E-state index in [9.17, 15) is 9.90 Å². The Labute approximate surface area is 144 Å². The van der Waals surface area contributed by atoms with Crippen LogP contribution in [0.2, 0.25) is 0 Å². The monoisotopic (exact) mass is 332 g/mol. The summed E-state index contributed by atoms with van der Waals surface area (Å²) in [5.41, 5.74) is 0.770. The summed E-state index contributed by atoms with van der Waals surface area (Å²) in [5, 5.41) is 10.2. The predicted molar refractivity (Wildman–Crippen MR) is 95.4 cm³/mol. The van der Waals surface area contributed by atoms with Gasteiger partial charge in [0.15, 0.2) is 0 Å². The molecule has 1 rings (SSSR count). The van der Waals surface area contributed by atoms with Crippen LogP contribution in [-0.4, -0.2) is 30.4 Å². The first-order valence-electron chi connectivity index (χ1n) is 8.25. The molecule has 0 aliphatic carbocycles. The number of ether oxygens (including phenoxy) is 2. The molecule has 2 unspecified atom stereocenters. The number of allylic oxidation sites excluding steroid dienone is 2. The van der Waals surface area contributed by atoms with Crippen LogP contribution in [0.15, 0.2) is 55.1 Å². The summed E-state index contributed by atoms with van der Waals surface area (Å²) < 4.78 is 10.4. The fourth-order valence-electron chi connectivity index (χ4n) is 2.35. The van der Waals surface area contributed by atoms with Crippen LogP contribution in [0.4, 0.5) is 0 Å². The molecule has 132 valence electrons. The molecule has 1 N–H and O–H groups in total. The highest BCUT2D eigenvalue weighted by Crippen LogP contribution is 2.29. The van der Waals surface area contributed by atoms with Crippen molar-refractivity contribution in [2.45, 2.75) is 39.4 Å². The molecule has 0 saturated heterocycles. The number of carbonyl (C=O) groups is 1. The van der Waals surface area contributed by atoms with Gasteiger partial charge in [0.25, 0.3) is 0 Å². The van der Waals surface area contributed by atoms with E-state index in [1.54, 1.807) is 13.0 Å². The third kappa shape index (κ3) is 8.09. The Bertz CT molecular complexity index is 524. The standard InChI is InChI=1S/C20H28O4/c1-4-20(3,13-9-12-19(22)24-5-2)14-18(21)16-23-15-17-10-7-6-8-11-17/h4,6-12,18,21H,1,5,13-16H2,2-3H3. The predicted octanol–water partition coefficient (Wildman–Crippen LogP) is 3.66. The van der Waals surface area contributed by atoms with Gasteiger partial charge in [0.1, 0.15) is 0 Å². The fraction of sp³-hybridized carbons (Fsp3) is 0.450. The maximum absolute atomic E-state index is 11.3. The third-order valence-electron chi connectivity index (χ3n) is 3.74. The van der Waals surface area contributed by atoms with Crippen LogP contribution in [0, 0.1) is 5.41 Å². The summed E-state index contributed by atoms with van der Waals surface area (Å²) in [6.45, 7) is 8.71. The van der Waals surface area contributed by atoms with E-state index >= 15 is 0 Å². The van der Waals surface area contributed by atoms with Gasteiger partial charge in [-0.3, -0.25) is 0 Å². The van der Waals surface area contributed by atoms with Crippen molar-refractivity contribution in [3.8, 4) is 0 Å². The Morgan fingerprint density at radius 1 is 1.38 bits per heavy atom. The summed E-state index contributed by atoms with van der Waals surface area (Å²) in [6, 6.07) is 9.85. The first-order valence-corrected chi connectivity index (χ1v) is 8.25. The Balaban J connectivity index is 2.38. The normalized spacial score (nSPS) is 15.0. The van der Waals surface area contributed by atoms with Crippen LogP contribution >= 0.6 is 0 Å². The van der Waals surface area contributed by atoms with Crippen molar-refractivity contribution in [3.63, 3.8) is 0 Å². The minimum atomic E-state index is -0.590. The minimum Gasteiger partial charge on any atom is -0.463 e. The zero-order valence-corrected chi connectivity index (χ0v) is 14.6. The summed E-state index contributed by atoms with van der Waals surface area (Å²) in [6.07, 6.45) is 5.51. The SMILES string of the molecule is C=CC(C)(CC=CC(=O)OCC)CC(O)COCc1ccccc1. The van der Waals surface area contributed by atoms with Gasteiger partial charge in [-0.1, -0.05) is 49.4 Å². The second-order valence-corrected chi connectivity index (χ2v) is 6.08. The van der Waals surface area contributed by atoms with Gasteiger partial charge in [0, 0.05) is 6.08 Å². The molecule has 1 aromatic carbocycles. The van der Waals surface area contributed by atoms with Gasteiger partial charge < -0.3 is 14.6 Å². The number of aliphatic hydroxyl groups excluding tert-OH is 1. The molecule has 1 aromatic rings. The lowest BCUT2D eigenvalue weighted by molar-refractivity contribution is -0.137. The van der Waals surface area contributed by atoms with Crippen LogP contribution in [0.1, 0.15) is 32.3 Å². The summed E-state index contributed by atoms with van der Waals surface area (Å²) in [5.74, 6) is -0.351. The number of hydrogen-bond donors (Lipinski definition) is 1. The number of carbonyl (C=O) groups excluding carboxylic acids is 1. The molecule has 0 fully saturated rings. The molecule has 0 radical (unpaired) electrons. The van der Waals surface area contributed by atoms with Crippen molar-refractivity contribution in [3.05, 3.63) is 60.7 Å². The van der Waals surface area contributed by atoms with Crippen LogP contribution in [0.5, 0.6) is 0 Å². The zero-order chi connectivity index (χ0) is 17.8. The highest BCUT2D eigenvalue weighted by Gasteiger charge is 2.23. The molecule has 0 bridgehead atoms. The van der Waals surface area contributed by atoms with Crippen molar-refractivity contribution in [1.29, 1.82) is 0 Å². The molecule has 0 aliphatic heterocycles. The van der Waals surface area contributed by atoms with Crippen molar-refractivity contribution < 1.29 is 19.4 Å². The van der Waals surface area contributed by atoms with E-state index in [1.807, 2.05) is 43.3 Å². The quantitative estimate of drug-likeness (QED) is 0.382. The second-order valence-electron chi connectivity index (χ2n) is 6.08. The molecule has 0 spiro atoms. The van der Waals surface area contributed by atoms with Gasteiger partial charge in [-0.25, -0.2) is 4.79 Å². The van der Waals surface area contributed by atoms with Gasteiger partial charge in [-0.05, 0) is 30.7 Å². The van der Waals surface area contributed by atoms with E-state index in [0.29, 0.717) is 26.1 Å². The minimum absolute atomic E-state index is 0.264. The Morgan fingerprint density at radius 3 is 2.71 bits per heavy atom. The van der Waals surface area contributed by atoms with Crippen LogP contribution in [0.25, 0.3) is 0 Å². The Morgan fingerprint density at radius 2 is 2.08 bits per heavy atom. The lowest BCUT2D eigenvalue weighted by Gasteiger charge is -2.27. The highest BCUT2D eigenvalue weighted by atomic mass is 16.5. The van der Waals surface area contributed by atoms with Crippen LogP contribution < -0.4 is 0 Å². The molecular weight excluding hydrogens is 304 g/mol. The summed E-state index contributed by atoms with van der Waals surface area (Å²) in [4.78, 5) is 11.3. The molecule has 2 atom stereocenters. The first-order chi connectivity index (χ1) is 11.5. The number of benzene rings is 1. The summed E-state index contributed by atoms with van der Waals surface area (Å²) >= 11 is 0. The fourth-order valence-corrected chi connectivity index (χ4v) is 2.35. The van der Waals surface area contributed by atoms with Crippen LogP contribution in [-0.2, 0) is 20.9 Å². The maximum atomic E-state index is 11.3. The molecule has 0 aliphatic rings. The molecule has 4 nitrogen and oxygen atoms in total. The largest absolute Gasteiger partial charge is 0.463 e. The second kappa shape index (κ2) is 10.8. The lowest BCUT2D eigenvalue weighted by Crippen LogP contribution is -2.25. The van der Waals surface area contributed by atoms with E-state index in [-0.39, 0.29) is 18.0 Å². The van der Waals surface area contributed by atoms with E-state index in [2.05, 4.69) is 6.58 Å². The topological polar surface area (TPSA) is 55.8 Å². The van der Waals surface area contributed by atoms with E-state index in [1.165, 1.54) is 6.08 Å². The maximum Gasteiger partial charge on any atom is 0.330 e. The number of hydrogen-bond acceptors (Lipinski definition) is 4. The van der Waals surface area contributed by atoms with Crippen molar-refractivity contribution in [1.82, 2.24) is 0 Å². The lowest BCUT2D eigenvalue weighted by atomic mass is 9.81. The van der Waals surface area contributed by atoms with E-state index in [0.717, 1.165) is 5.56 Å². The first kappa shape index (κ1) is 20.1. The third-order valence-corrected chi connectivity index (χ3v) is 3.74. The smallest absolute Gasteiger partial charge is 0.330 e. The number of aliphatic hydroxyl groups is 1.